The number of benzene rings is 1. The molecular weight excluding hydrogens is 272 g/mol. The van der Waals surface area contributed by atoms with Crippen molar-refractivity contribution in [1.29, 1.82) is 0 Å². The van der Waals surface area contributed by atoms with Gasteiger partial charge in [-0.2, -0.15) is 0 Å². The lowest BCUT2D eigenvalue weighted by molar-refractivity contribution is 0.428. The third-order valence-corrected chi connectivity index (χ3v) is 3.28. The van der Waals surface area contributed by atoms with Crippen LogP contribution in [0.3, 0.4) is 0 Å². The Morgan fingerprint density at radius 2 is 1.55 bits per heavy atom. The van der Waals surface area contributed by atoms with E-state index in [0.29, 0.717) is 0 Å². The first-order valence-electron chi connectivity index (χ1n) is 8.07. The zero-order chi connectivity index (χ0) is 16.6. The van der Waals surface area contributed by atoms with Crippen molar-refractivity contribution in [2.45, 2.75) is 46.6 Å². The van der Waals surface area contributed by atoms with Crippen LogP contribution in [0.2, 0.25) is 0 Å². The molecule has 0 heterocycles. The molecule has 0 aliphatic heterocycles. The highest BCUT2D eigenvalue weighted by Crippen LogP contribution is 2.08. The van der Waals surface area contributed by atoms with Crippen LogP contribution < -0.4 is 16.0 Å². The highest BCUT2D eigenvalue weighted by Gasteiger charge is 2.07. The van der Waals surface area contributed by atoms with Crippen molar-refractivity contribution in [2.24, 2.45) is 4.99 Å². The third kappa shape index (κ3) is 8.03. The Balaban J connectivity index is 2.29. The van der Waals surface area contributed by atoms with Crippen molar-refractivity contribution in [1.82, 2.24) is 16.0 Å². The summed E-state index contributed by atoms with van der Waals surface area (Å²) in [6.07, 6.45) is 1.00. The topological polar surface area (TPSA) is 48.5 Å². The highest BCUT2D eigenvalue weighted by atomic mass is 15.2. The second kappa shape index (κ2) is 8.79. The second-order valence-electron chi connectivity index (χ2n) is 6.85. The number of nitrogens with one attached hydrogen (secondary N) is 3. The van der Waals surface area contributed by atoms with Crippen LogP contribution >= 0.6 is 0 Å². The van der Waals surface area contributed by atoms with Crippen LogP contribution in [0, 0.1) is 13.8 Å². The number of guanidine groups is 1. The first-order valence-corrected chi connectivity index (χ1v) is 8.07. The molecule has 3 N–H and O–H groups in total. The van der Waals surface area contributed by atoms with Gasteiger partial charge in [0.15, 0.2) is 5.96 Å². The predicted molar refractivity (Wildman–Crippen MR) is 96.7 cm³/mol. The molecule has 4 heteroatoms. The molecule has 124 valence electrons. The van der Waals surface area contributed by atoms with Gasteiger partial charge >= 0.3 is 0 Å². The summed E-state index contributed by atoms with van der Waals surface area (Å²) < 4.78 is 0. The fourth-order valence-electron chi connectivity index (χ4n) is 2.38. The molecule has 0 amide bonds. The average Bonchev–Trinajstić information content (AvgIpc) is 2.39. The van der Waals surface area contributed by atoms with E-state index in [1.54, 1.807) is 0 Å². The summed E-state index contributed by atoms with van der Waals surface area (Å²) in [5.41, 5.74) is 4.17. The summed E-state index contributed by atoms with van der Waals surface area (Å²) in [6, 6.07) is 6.70. The van der Waals surface area contributed by atoms with Crippen molar-refractivity contribution < 1.29 is 0 Å². The van der Waals surface area contributed by atoms with Crippen molar-refractivity contribution in [3.63, 3.8) is 0 Å². The van der Waals surface area contributed by atoms with Gasteiger partial charge in [0, 0.05) is 32.2 Å². The predicted octanol–water partition coefficient (Wildman–Crippen LogP) is 2.40. The van der Waals surface area contributed by atoms with E-state index >= 15 is 0 Å². The van der Waals surface area contributed by atoms with Gasteiger partial charge in [-0.1, -0.05) is 29.3 Å². The Morgan fingerprint density at radius 1 is 0.955 bits per heavy atom. The molecule has 22 heavy (non-hydrogen) atoms. The van der Waals surface area contributed by atoms with Gasteiger partial charge in [0.05, 0.1) is 0 Å². The van der Waals surface area contributed by atoms with Gasteiger partial charge in [0.25, 0.3) is 0 Å². The number of nitrogens with zero attached hydrogens (tertiary/aromatic N) is 1. The molecule has 0 aliphatic rings. The van der Waals surface area contributed by atoms with E-state index < -0.39 is 0 Å². The van der Waals surface area contributed by atoms with Crippen LogP contribution in [0.15, 0.2) is 23.2 Å². The quantitative estimate of drug-likeness (QED) is 0.430. The highest BCUT2D eigenvalue weighted by molar-refractivity contribution is 5.79. The van der Waals surface area contributed by atoms with Crippen molar-refractivity contribution in [3.05, 3.63) is 34.9 Å². The third-order valence-electron chi connectivity index (χ3n) is 3.28. The Labute approximate surface area is 135 Å². The summed E-state index contributed by atoms with van der Waals surface area (Å²) in [6.45, 7) is 13.5. The van der Waals surface area contributed by atoms with Crippen LogP contribution in [0.5, 0.6) is 0 Å². The summed E-state index contributed by atoms with van der Waals surface area (Å²) >= 11 is 0. The van der Waals surface area contributed by atoms with Crippen LogP contribution in [0.1, 0.15) is 37.5 Å². The number of aliphatic imine (C=N–C) groups is 1. The number of hydrogen-bond acceptors (Lipinski definition) is 2. The number of hydrogen-bond donors (Lipinski definition) is 3. The average molecular weight is 304 g/mol. The monoisotopic (exact) mass is 304 g/mol. The molecule has 0 unspecified atom stereocenters. The Morgan fingerprint density at radius 3 is 2.09 bits per heavy atom. The minimum atomic E-state index is 0.154. The van der Waals surface area contributed by atoms with Crippen LogP contribution in [-0.4, -0.2) is 38.2 Å². The molecule has 1 rings (SSSR count). The van der Waals surface area contributed by atoms with Gasteiger partial charge < -0.3 is 16.0 Å². The lowest BCUT2D eigenvalue weighted by atomic mass is 10.1. The molecule has 0 saturated carbocycles. The van der Waals surface area contributed by atoms with Gasteiger partial charge in [0.1, 0.15) is 0 Å². The van der Waals surface area contributed by atoms with Gasteiger partial charge in [0.2, 0.25) is 0 Å². The largest absolute Gasteiger partial charge is 0.356 e. The smallest absolute Gasteiger partial charge is 0.191 e. The molecule has 0 aromatic heterocycles. The molecule has 0 saturated heterocycles. The zero-order valence-corrected chi connectivity index (χ0v) is 15.0. The molecule has 4 nitrogen and oxygen atoms in total. The van der Waals surface area contributed by atoms with Crippen molar-refractivity contribution in [3.8, 4) is 0 Å². The first-order chi connectivity index (χ1) is 10.3. The van der Waals surface area contributed by atoms with Crippen LogP contribution in [-0.2, 0) is 6.42 Å². The molecule has 0 fully saturated rings. The van der Waals surface area contributed by atoms with Crippen molar-refractivity contribution >= 4 is 5.96 Å². The normalized spacial score (nSPS) is 12.4. The van der Waals surface area contributed by atoms with Crippen molar-refractivity contribution in [2.75, 3.05) is 26.7 Å². The molecule has 1 aromatic rings. The Hall–Kier alpha value is -1.55. The lowest BCUT2D eigenvalue weighted by Crippen LogP contribution is -2.44. The van der Waals surface area contributed by atoms with Gasteiger partial charge in [-0.25, -0.2) is 0 Å². The lowest BCUT2D eigenvalue weighted by Gasteiger charge is -2.21. The zero-order valence-electron chi connectivity index (χ0n) is 15.0. The van der Waals surface area contributed by atoms with E-state index in [4.69, 9.17) is 0 Å². The molecule has 0 aliphatic carbocycles. The fraction of sp³-hybridized carbons (Fsp3) is 0.611. The summed E-state index contributed by atoms with van der Waals surface area (Å²) in [5.74, 6) is 0.861. The Kier molecular flexibility index (Phi) is 7.39. The van der Waals surface area contributed by atoms with E-state index in [1.165, 1.54) is 16.7 Å². The SMILES string of the molecule is CN=C(NCCNC(C)(C)C)NCCc1cc(C)cc(C)c1. The maximum atomic E-state index is 4.25. The van der Waals surface area contributed by atoms with Gasteiger partial charge in [-0.15, -0.1) is 0 Å². The van der Waals surface area contributed by atoms with E-state index in [9.17, 15) is 0 Å². The van der Waals surface area contributed by atoms with E-state index in [-0.39, 0.29) is 5.54 Å². The van der Waals surface area contributed by atoms with E-state index in [2.05, 4.69) is 73.8 Å². The molecule has 0 atom stereocenters. The standard InChI is InChI=1S/C18H32N4/c1-14-11-15(2)13-16(12-14)7-8-20-17(19-6)21-9-10-22-18(3,4)5/h11-13,22H,7-10H2,1-6H3,(H2,19,20,21). The first kappa shape index (κ1) is 18.5. The minimum Gasteiger partial charge on any atom is -0.356 e. The minimum absolute atomic E-state index is 0.154. The fourth-order valence-corrected chi connectivity index (χ4v) is 2.38. The van der Waals surface area contributed by atoms with E-state index in [1.807, 2.05) is 7.05 Å². The number of aryl methyl sites for hydroxylation is 2. The van der Waals surface area contributed by atoms with E-state index in [0.717, 1.165) is 32.0 Å². The van der Waals surface area contributed by atoms with Gasteiger partial charge in [-0.3, -0.25) is 4.99 Å². The summed E-state index contributed by atoms with van der Waals surface area (Å²) in [7, 11) is 1.81. The molecule has 1 aromatic carbocycles. The maximum Gasteiger partial charge on any atom is 0.191 e. The Bertz CT molecular complexity index is 466. The number of rotatable bonds is 6. The molecule has 0 radical (unpaired) electrons. The molecule has 0 bridgehead atoms. The van der Waals surface area contributed by atoms with Crippen LogP contribution in [0.4, 0.5) is 0 Å². The van der Waals surface area contributed by atoms with Gasteiger partial charge in [-0.05, 0) is 46.6 Å². The molecular formula is C18H32N4. The maximum absolute atomic E-state index is 4.25. The summed E-state index contributed by atoms with van der Waals surface area (Å²) in [5, 5.41) is 10.1. The summed E-state index contributed by atoms with van der Waals surface area (Å²) in [4.78, 5) is 4.25. The molecule has 0 spiro atoms. The van der Waals surface area contributed by atoms with Crippen LogP contribution in [0.25, 0.3) is 0 Å². The second-order valence-corrected chi connectivity index (χ2v) is 6.85.